The van der Waals surface area contributed by atoms with E-state index in [1.54, 1.807) is 0 Å². The number of hydrogen-bond acceptors (Lipinski definition) is 5. The highest BCUT2D eigenvalue weighted by molar-refractivity contribution is 5.99. The number of carbonyl (C=O) groups excluding carboxylic acids is 2. The smallest absolute Gasteiger partial charge is 0.406 e. The molecule has 1 aromatic rings. The quantitative estimate of drug-likeness (QED) is 0.807. The van der Waals surface area contributed by atoms with Crippen molar-refractivity contribution in [2.24, 2.45) is 5.92 Å². The second kappa shape index (κ2) is 5.77. The van der Waals surface area contributed by atoms with Gasteiger partial charge in [-0.2, -0.15) is 13.2 Å². The molecule has 0 radical (unpaired) electrons. The summed E-state index contributed by atoms with van der Waals surface area (Å²) in [6, 6.07) is 2.95. The number of likely N-dealkylation sites (tertiary alicyclic amines) is 1. The molecule has 0 aliphatic carbocycles. The van der Waals surface area contributed by atoms with Crippen LogP contribution in [-0.4, -0.2) is 42.8 Å². The van der Waals surface area contributed by atoms with Crippen LogP contribution in [0.4, 0.5) is 24.5 Å². The highest BCUT2D eigenvalue weighted by atomic mass is 19.4. The van der Waals surface area contributed by atoms with Crippen molar-refractivity contribution in [1.82, 2.24) is 4.90 Å². The summed E-state index contributed by atoms with van der Waals surface area (Å²) < 4.78 is 47.5. The number of carbonyl (C=O) groups is 2. The van der Waals surface area contributed by atoms with Crippen molar-refractivity contribution < 1.29 is 32.2 Å². The average Bonchev–Trinajstić information content (AvgIpc) is 3.04. The minimum absolute atomic E-state index is 0.0374. The lowest BCUT2D eigenvalue weighted by Crippen LogP contribution is -2.36. The van der Waals surface area contributed by atoms with E-state index in [4.69, 9.17) is 15.2 Å². The van der Waals surface area contributed by atoms with Crippen LogP contribution in [0.2, 0.25) is 0 Å². The van der Waals surface area contributed by atoms with Gasteiger partial charge in [-0.15, -0.1) is 0 Å². The fraction of sp³-hybridized carbons (Fsp3) is 0.429. The Morgan fingerprint density at radius 1 is 1.33 bits per heavy atom. The van der Waals surface area contributed by atoms with E-state index in [9.17, 15) is 22.8 Å². The summed E-state index contributed by atoms with van der Waals surface area (Å²) in [5, 5.41) is 2.53. The number of amides is 2. The van der Waals surface area contributed by atoms with Gasteiger partial charge in [0.05, 0.1) is 17.3 Å². The van der Waals surface area contributed by atoms with Crippen molar-refractivity contribution in [2.75, 3.05) is 30.9 Å². The molecule has 1 aromatic carbocycles. The van der Waals surface area contributed by atoms with Crippen molar-refractivity contribution >= 4 is 23.2 Å². The molecule has 0 bridgehead atoms. The van der Waals surface area contributed by atoms with Gasteiger partial charge >= 0.3 is 6.18 Å². The van der Waals surface area contributed by atoms with Crippen LogP contribution in [0.5, 0.6) is 11.5 Å². The van der Waals surface area contributed by atoms with Gasteiger partial charge < -0.3 is 25.4 Å². The first-order valence-corrected chi connectivity index (χ1v) is 7.07. The Morgan fingerprint density at radius 2 is 2.00 bits per heavy atom. The van der Waals surface area contributed by atoms with Crippen LogP contribution in [0.3, 0.4) is 0 Å². The molecule has 1 unspecified atom stereocenters. The predicted molar refractivity (Wildman–Crippen MR) is 76.3 cm³/mol. The minimum Gasteiger partial charge on any atom is -0.454 e. The summed E-state index contributed by atoms with van der Waals surface area (Å²) in [6.07, 6.45) is -4.77. The van der Waals surface area contributed by atoms with E-state index < -0.39 is 30.5 Å². The number of benzene rings is 1. The van der Waals surface area contributed by atoms with Crippen LogP contribution in [-0.2, 0) is 9.59 Å². The first kappa shape index (κ1) is 16.2. The first-order valence-electron chi connectivity index (χ1n) is 7.07. The van der Waals surface area contributed by atoms with Gasteiger partial charge in [0.15, 0.2) is 11.5 Å². The number of nitrogens with two attached hydrogens (primary N) is 1. The molecule has 1 fully saturated rings. The Kier molecular flexibility index (Phi) is 3.90. The molecule has 10 heteroatoms. The molecule has 0 spiro atoms. The molecule has 0 saturated carbocycles. The molecule has 7 nitrogen and oxygen atoms in total. The Morgan fingerprint density at radius 3 is 2.67 bits per heavy atom. The SMILES string of the molecule is Nc1cc2c(cc1NC(=O)C1CC(=O)N(CC(F)(F)F)C1)OCO2. The number of alkyl halides is 3. The molecule has 2 heterocycles. The van der Waals surface area contributed by atoms with Crippen molar-refractivity contribution in [3.05, 3.63) is 12.1 Å². The number of ether oxygens (including phenoxy) is 2. The maximum absolute atomic E-state index is 12.4. The maximum Gasteiger partial charge on any atom is 0.406 e. The monoisotopic (exact) mass is 345 g/mol. The van der Waals surface area contributed by atoms with E-state index in [0.29, 0.717) is 16.4 Å². The van der Waals surface area contributed by atoms with Gasteiger partial charge in [0.2, 0.25) is 18.6 Å². The molecule has 24 heavy (non-hydrogen) atoms. The van der Waals surface area contributed by atoms with Gasteiger partial charge in [0, 0.05) is 25.1 Å². The van der Waals surface area contributed by atoms with Crippen molar-refractivity contribution in [1.29, 1.82) is 0 Å². The summed E-state index contributed by atoms with van der Waals surface area (Å²) in [5.74, 6) is -1.30. The van der Waals surface area contributed by atoms with Gasteiger partial charge in [-0.05, 0) is 0 Å². The first-order chi connectivity index (χ1) is 11.2. The molecule has 1 atom stereocenters. The number of fused-ring (bicyclic) bond motifs is 1. The summed E-state index contributed by atoms with van der Waals surface area (Å²) in [4.78, 5) is 24.5. The summed E-state index contributed by atoms with van der Waals surface area (Å²) in [5.41, 5.74) is 6.28. The van der Waals surface area contributed by atoms with Crippen molar-refractivity contribution in [3.63, 3.8) is 0 Å². The van der Waals surface area contributed by atoms with E-state index in [-0.39, 0.29) is 31.1 Å². The van der Waals surface area contributed by atoms with Gasteiger partial charge in [-0.1, -0.05) is 0 Å². The van der Waals surface area contributed by atoms with Gasteiger partial charge in [-0.25, -0.2) is 0 Å². The second-order valence-electron chi connectivity index (χ2n) is 5.57. The van der Waals surface area contributed by atoms with Gasteiger partial charge in [0.25, 0.3) is 0 Å². The fourth-order valence-electron chi connectivity index (χ4n) is 2.62. The Labute approximate surface area is 134 Å². The lowest BCUT2D eigenvalue weighted by molar-refractivity contribution is -0.157. The number of nitrogens with one attached hydrogen (secondary N) is 1. The van der Waals surface area contributed by atoms with Crippen molar-refractivity contribution in [3.8, 4) is 11.5 Å². The number of nitrogens with zero attached hydrogens (tertiary/aromatic N) is 1. The van der Waals surface area contributed by atoms with E-state index >= 15 is 0 Å². The molecule has 3 rings (SSSR count). The molecule has 0 aromatic heterocycles. The number of nitrogen functional groups attached to an aromatic ring is 1. The number of halogens is 3. The zero-order valence-electron chi connectivity index (χ0n) is 12.4. The van der Waals surface area contributed by atoms with E-state index in [0.717, 1.165) is 0 Å². The highest BCUT2D eigenvalue weighted by Crippen LogP contribution is 2.38. The van der Waals surface area contributed by atoms with Crippen LogP contribution in [0.15, 0.2) is 12.1 Å². The van der Waals surface area contributed by atoms with Crippen LogP contribution < -0.4 is 20.5 Å². The van der Waals surface area contributed by atoms with Crippen LogP contribution >= 0.6 is 0 Å². The Bertz CT molecular complexity index is 693. The largest absolute Gasteiger partial charge is 0.454 e. The fourth-order valence-corrected chi connectivity index (χ4v) is 2.62. The van der Waals surface area contributed by atoms with E-state index in [1.807, 2.05) is 0 Å². The highest BCUT2D eigenvalue weighted by Gasteiger charge is 2.40. The topological polar surface area (TPSA) is 93.9 Å². The zero-order valence-corrected chi connectivity index (χ0v) is 12.4. The molecule has 130 valence electrons. The molecule has 2 aliphatic rings. The average molecular weight is 345 g/mol. The summed E-state index contributed by atoms with van der Waals surface area (Å²) in [6.45, 7) is -1.61. The van der Waals surface area contributed by atoms with Crippen molar-refractivity contribution in [2.45, 2.75) is 12.6 Å². The molecule has 2 aliphatic heterocycles. The third-order valence-electron chi connectivity index (χ3n) is 3.76. The Hall–Kier alpha value is -2.65. The Balaban J connectivity index is 1.67. The van der Waals surface area contributed by atoms with E-state index in [1.165, 1.54) is 12.1 Å². The predicted octanol–water partition coefficient (Wildman–Crippen LogP) is 1.35. The maximum atomic E-state index is 12.4. The summed E-state index contributed by atoms with van der Waals surface area (Å²) >= 11 is 0. The van der Waals surface area contributed by atoms with Gasteiger partial charge in [0.1, 0.15) is 6.54 Å². The third-order valence-corrected chi connectivity index (χ3v) is 3.76. The van der Waals surface area contributed by atoms with Crippen LogP contribution in [0, 0.1) is 5.92 Å². The second-order valence-corrected chi connectivity index (χ2v) is 5.57. The molecule has 1 saturated heterocycles. The molecular formula is C14H14F3N3O4. The third kappa shape index (κ3) is 3.31. The standard InChI is InChI=1S/C14H14F3N3O4/c15-14(16,17)5-20-4-7(1-12(20)21)13(22)19-9-3-11-10(2-8(9)18)23-6-24-11/h2-3,7H,1,4-6,18H2,(H,19,22). The molecule has 3 N–H and O–H groups in total. The lowest BCUT2D eigenvalue weighted by Gasteiger charge is -2.18. The van der Waals surface area contributed by atoms with Gasteiger partial charge in [-0.3, -0.25) is 9.59 Å². The normalized spacial score (nSPS) is 19.7. The number of rotatable bonds is 3. The number of hydrogen-bond donors (Lipinski definition) is 2. The lowest BCUT2D eigenvalue weighted by atomic mass is 10.1. The number of anilines is 2. The zero-order chi connectivity index (χ0) is 17.5. The molecular weight excluding hydrogens is 331 g/mol. The summed E-state index contributed by atoms with van der Waals surface area (Å²) in [7, 11) is 0. The van der Waals surface area contributed by atoms with E-state index in [2.05, 4.69) is 5.32 Å². The molecule has 2 amide bonds. The minimum atomic E-state index is -4.50. The van der Waals surface area contributed by atoms with Crippen LogP contribution in [0.1, 0.15) is 6.42 Å². The van der Waals surface area contributed by atoms with Crippen LogP contribution in [0.25, 0.3) is 0 Å².